The molecule has 0 aliphatic heterocycles. The van der Waals surface area contributed by atoms with E-state index < -0.39 is 0 Å². The highest BCUT2D eigenvalue weighted by Crippen LogP contribution is 2.23. The Bertz CT molecular complexity index is 459. The third kappa shape index (κ3) is 2.36. The van der Waals surface area contributed by atoms with Crippen LogP contribution in [-0.4, -0.2) is 9.97 Å². The average molecular weight is 284 g/mol. The Kier molecular flexibility index (Phi) is 3.34. The van der Waals surface area contributed by atoms with Gasteiger partial charge < -0.3 is 0 Å². The molecule has 4 heteroatoms. The Hall–Kier alpha value is -0.930. The van der Waals surface area contributed by atoms with Crippen LogP contribution in [0.2, 0.25) is 5.02 Å². The van der Waals surface area contributed by atoms with Gasteiger partial charge in [0.05, 0.1) is 10.7 Å². The highest BCUT2D eigenvalue weighted by atomic mass is 79.9. The molecule has 0 fully saturated rings. The van der Waals surface area contributed by atoms with E-state index in [4.69, 9.17) is 11.6 Å². The van der Waals surface area contributed by atoms with Crippen LogP contribution in [-0.2, 0) is 5.33 Å². The van der Waals surface area contributed by atoms with Crippen LogP contribution in [0.1, 0.15) is 5.56 Å². The average Bonchev–Trinajstić information content (AvgIpc) is 2.31. The maximum atomic E-state index is 5.98. The first kappa shape index (κ1) is 10.6. The molecule has 2 heterocycles. The van der Waals surface area contributed by atoms with Crippen molar-refractivity contribution in [3.63, 3.8) is 0 Å². The van der Waals surface area contributed by atoms with Crippen molar-refractivity contribution in [1.82, 2.24) is 9.97 Å². The van der Waals surface area contributed by atoms with Crippen molar-refractivity contribution in [1.29, 1.82) is 0 Å². The summed E-state index contributed by atoms with van der Waals surface area (Å²) in [4.78, 5) is 8.24. The summed E-state index contributed by atoms with van der Waals surface area (Å²) >= 11 is 9.37. The van der Waals surface area contributed by atoms with Crippen LogP contribution in [0.25, 0.3) is 11.3 Å². The van der Waals surface area contributed by atoms with E-state index in [1.807, 2.05) is 18.2 Å². The van der Waals surface area contributed by atoms with Gasteiger partial charge in [-0.3, -0.25) is 9.97 Å². The maximum absolute atomic E-state index is 5.98. The minimum Gasteiger partial charge on any atom is -0.265 e. The second kappa shape index (κ2) is 4.73. The Morgan fingerprint density at radius 2 is 2.00 bits per heavy atom. The minimum atomic E-state index is 0.685. The van der Waals surface area contributed by atoms with Gasteiger partial charge in [-0.05, 0) is 23.8 Å². The summed E-state index contributed by atoms with van der Waals surface area (Å²) in [6.45, 7) is 0. The molecule has 0 N–H and O–H groups in total. The van der Waals surface area contributed by atoms with Crippen molar-refractivity contribution < 1.29 is 0 Å². The first-order chi connectivity index (χ1) is 7.31. The van der Waals surface area contributed by atoms with E-state index in [0.717, 1.165) is 22.2 Å². The Morgan fingerprint density at radius 1 is 1.27 bits per heavy atom. The molecule has 0 amide bonds. The van der Waals surface area contributed by atoms with Gasteiger partial charge in [0.15, 0.2) is 0 Å². The zero-order chi connectivity index (χ0) is 10.7. The van der Waals surface area contributed by atoms with Crippen LogP contribution < -0.4 is 0 Å². The monoisotopic (exact) mass is 282 g/mol. The number of hydrogen-bond donors (Lipinski definition) is 0. The number of rotatable bonds is 2. The molecular formula is C11H8BrClN2. The number of aromatic nitrogens is 2. The van der Waals surface area contributed by atoms with Gasteiger partial charge in [0.25, 0.3) is 0 Å². The van der Waals surface area contributed by atoms with Gasteiger partial charge in [-0.25, -0.2) is 0 Å². The molecule has 2 nitrogen and oxygen atoms in total. The molecule has 0 aliphatic carbocycles. The van der Waals surface area contributed by atoms with Gasteiger partial charge in [0.1, 0.15) is 0 Å². The summed E-state index contributed by atoms with van der Waals surface area (Å²) in [5, 5.41) is 1.41. The normalized spacial score (nSPS) is 10.3. The van der Waals surface area contributed by atoms with E-state index in [2.05, 4.69) is 25.9 Å². The number of alkyl halides is 1. The van der Waals surface area contributed by atoms with Crippen molar-refractivity contribution in [3.8, 4) is 11.3 Å². The largest absolute Gasteiger partial charge is 0.265 e. The van der Waals surface area contributed by atoms with Crippen LogP contribution in [0.3, 0.4) is 0 Å². The molecule has 0 unspecified atom stereocenters. The van der Waals surface area contributed by atoms with Crippen LogP contribution >= 0.6 is 27.5 Å². The van der Waals surface area contributed by atoms with E-state index >= 15 is 0 Å². The van der Waals surface area contributed by atoms with Crippen LogP contribution in [0.5, 0.6) is 0 Å². The molecule has 2 aromatic rings. The lowest BCUT2D eigenvalue weighted by atomic mass is 10.1. The fourth-order valence-corrected chi connectivity index (χ4v) is 2.06. The molecule has 0 aliphatic rings. The van der Waals surface area contributed by atoms with Crippen molar-refractivity contribution in [3.05, 3.63) is 47.4 Å². The molecule has 15 heavy (non-hydrogen) atoms. The van der Waals surface area contributed by atoms with E-state index in [-0.39, 0.29) is 0 Å². The van der Waals surface area contributed by atoms with Crippen molar-refractivity contribution >= 4 is 27.5 Å². The lowest BCUT2D eigenvalue weighted by Crippen LogP contribution is -1.88. The number of pyridine rings is 2. The topological polar surface area (TPSA) is 25.8 Å². The molecule has 0 atom stereocenters. The van der Waals surface area contributed by atoms with E-state index in [9.17, 15) is 0 Å². The van der Waals surface area contributed by atoms with Crippen molar-refractivity contribution in [2.75, 3.05) is 0 Å². The molecule has 0 bridgehead atoms. The number of halogens is 2. The third-order valence-electron chi connectivity index (χ3n) is 2.05. The second-order valence-corrected chi connectivity index (χ2v) is 4.00. The summed E-state index contributed by atoms with van der Waals surface area (Å²) in [5.74, 6) is 0. The summed E-state index contributed by atoms with van der Waals surface area (Å²) < 4.78 is 0. The van der Waals surface area contributed by atoms with Gasteiger partial charge >= 0.3 is 0 Å². The molecule has 0 saturated heterocycles. The van der Waals surface area contributed by atoms with Crippen molar-refractivity contribution in [2.24, 2.45) is 0 Å². The first-order valence-electron chi connectivity index (χ1n) is 4.42. The molecular weight excluding hydrogens is 275 g/mol. The number of nitrogens with zero attached hydrogens (tertiary/aromatic N) is 2. The Morgan fingerprint density at radius 3 is 2.67 bits per heavy atom. The van der Waals surface area contributed by atoms with E-state index in [1.165, 1.54) is 0 Å². The fourth-order valence-electron chi connectivity index (χ4n) is 1.26. The molecule has 2 rings (SSSR count). The summed E-state index contributed by atoms with van der Waals surface area (Å²) in [6.07, 6.45) is 5.17. The smallest absolute Gasteiger partial charge is 0.0707 e. The van der Waals surface area contributed by atoms with Gasteiger partial charge in [0, 0.05) is 29.5 Å². The summed E-state index contributed by atoms with van der Waals surface area (Å²) in [6, 6.07) is 5.83. The summed E-state index contributed by atoms with van der Waals surface area (Å²) in [7, 11) is 0. The first-order valence-corrected chi connectivity index (χ1v) is 5.92. The highest BCUT2D eigenvalue weighted by Gasteiger charge is 2.03. The standard InChI is InChI=1S/C11H8BrClN2/c12-6-9-5-11(15-7-10(9)13)8-1-3-14-4-2-8/h1-5,7H,6H2. The van der Waals surface area contributed by atoms with Crippen LogP contribution in [0.15, 0.2) is 36.8 Å². The quantitative estimate of drug-likeness (QED) is 0.786. The lowest BCUT2D eigenvalue weighted by molar-refractivity contribution is 1.26. The van der Waals surface area contributed by atoms with E-state index in [0.29, 0.717) is 5.02 Å². The molecule has 2 aromatic heterocycles. The van der Waals surface area contributed by atoms with Gasteiger partial charge in [-0.1, -0.05) is 27.5 Å². The zero-order valence-electron chi connectivity index (χ0n) is 7.82. The molecule has 76 valence electrons. The second-order valence-electron chi connectivity index (χ2n) is 3.03. The van der Waals surface area contributed by atoms with Gasteiger partial charge in [0.2, 0.25) is 0 Å². The van der Waals surface area contributed by atoms with Crippen LogP contribution in [0.4, 0.5) is 0 Å². The molecule has 0 saturated carbocycles. The molecule has 0 radical (unpaired) electrons. The third-order valence-corrected chi connectivity index (χ3v) is 3.00. The van der Waals surface area contributed by atoms with Crippen LogP contribution in [0, 0.1) is 0 Å². The zero-order valence-corrected chi connectivity index (χ0v) is 10.2. The lowest BCUT2D eigenvalue weighted by Gasteiger charge is -2.04. The van der Waals surface area contributed by atoms with E-state index in [1.54, 1.807) is 18.6 Å². The van der Waals surface area contributed by atoms with Gasteiger partial charge in [-0.15, -0.1) is 0 Å². The Balaban J connectivity index is 2.46. The summed E-state index contributed by atoms with van der Waals surface area (Å²) in [5.41, 5.74) is 3.00. The molecule has 0 aromatic carbocycles. The molecule has 0 spiro atoms. The minimum absolute atomic E-state index is 0.685. The Labute approximate surface area is 101 Å². The number of hydrogen-bond acceptors (Lipinski definition) is 2. The predicted molar refractivity (Wildman–Crippen MR) is 65.1 cm³/mol. The fraction of sp³-hybridized carbons (Fsp3) is 0.0909. The van der Waals surface area contributed by atoms with Gasteiger partial charge in [-0.2, -0.15) is 0 Å². The van der Waals surface area contributed by atoms with Crippen molar-refractivity contribution in [2.45, 2.75) is 5.33 Å². The predicted octanol–water partition coefficient (Wildman–Crippen LogP) is 3.69. The maximum Gasteiger partial charge on any atom is 0.0707 e. The highest BCUT2D eigenvalue weighted by molar-refractivity contribution is 9.08. The SMILES string of the molecule is Clc1cnc(-c2ccncc2)cc1CBr.